The average Bonchev–Trinajstić information content (AvgIpc) is 2.36. The van der Waals surface area contributed by atoms with Crippen LogP contribution in [-0.4, -0.2) is 37.6 Å². The summed E-state index contributed by atoms with van der Waals surface area (Å²) in [6.07, 6.45) is 10.9. The monoisotopic (exact) mass is 271 g/mol. The maximum Gasteiger partial charge on any atom is 0.307 e. The summed E-state index contributed by atoms with van der Waals surface area (Å²) in [5.74, 6) is -0.0656. The van der Waals surface area contributed by atoms with Crippen LogP contribution in [-0.2, 0) is 9.53 Å². The van der Waals surface area contributed by atoms with Crippen LogP contribution in [0.2, 0.25) is 0 Å². The van der Waals surface area contributed by atoms with Gasteiger partial charge in [0, 0.05) is 6.04 Å². The van der Waals surface area contributed by atoms with Gasteiger partial charge in [-0.15, -0.1) is 0 Å². The Labute approximate surface area is 119 Å². The largest absolute Gasteiger partial charge is 0.466 e. The van der Waals surface area contributed by atoms with E-state index in [1.54, 1.807) is 0 Å². The number of hydrogen-bond acceptors (Lipinski definition) is 3. The third kappa shape index (κ3) is 11.0. The lowest BCUT2D eigenvalue weighted by atomic mass is 10.0. The molecule has 0 amide bonds. The molecule has 0 aliphatic rings. The highest BCUT2D eigenvalue weighted by Crippen LogP contribution is 2.14. The molecular weight excluding hydrogens is 238 g/mol. The fraction of sp³-hybridized carbons (Fsp3) is 0.938. The van der Waals surface area contributed by atoms with Crippen LogP contribution >= 0.6 is 0 Å². The molecular formula is C16H33NO2. The van der Waals surface area contributed by atoms with Crippen molar-refractivity contribution in [3.63, 3.8) is 0 Å². The van der Waals surface area contributed by atoms with Gasteiger partial charge < -0.3 is 9.64 Å². The number of unbranched alkanes of at least 4 members (excludes halogenated alkanes) is 6. The molecule has 0 rings (SSSR count). The molecule has 0 bridgehead atoms. The van der Waals surface area contributed by atoms with Crippen molar-refractivity contribution in [2.75, 3.05) is 20.7 Å². The van der Waals surface area contributed by atoms with Gasteiger partial charge in [0.25, 0.3) is 0 Å². The normalized spacial score (nSPS) is 12.7. The van der Waals surface area contributed by atoms with E-state index in [4.69, 9.17) is 4.74 Å². The van der Waals surface area contributed by atoms with Crippen LogP contribution in [0, 0.1) is 0 Å². The highest BCUT2D eigenvalue weighted by Gasteiger charge is 2.16. The summed E-state index contributed by atoms with van der Waals surface area (Å²) in [6, 6.07) is 0.328. The third-order valence-corrected chi connectivity index (χ3v) is 3.58. The fourth-order valence-corrected chi connectivity index (χ4v) is 2.29. The van der Waals surface area contributed by atoms with Gasteiger partial charge in [0.2, 0.25) is 0 Å². The first-order valence-corrected chi connectivity index (χ1v) is 7.93. The first-order valence-electron chi connectivity index (χ1n) is 7.93. The number of esters is 1. The number of nitrogens with zero attached hydrogens (tertiary/aromatic N) is 1. The highest BCUT2D eigenvalue weighted by molar-refractivity contribution is 5.70. The van der Waals surface area contributed by atoms with Gasteiger partial charge in [-0.05, 0) is 27.4 Å². The number of ether oxygens (including phenoxy) is 1. The topological polar surface area (TPSA) is 29.5 Å². The molecule has 114 valence electrons. The van der Waals surface area contributed by atoms with Gasteiger partial charge in [-0.3, -0.25) is 4.79 Å². The van der Waals surface area contributed by atoms with E-state index < -0.39 is 0 Å². The van der Waals surface area contributed by atoms with Crippen LogP contribution in [0.15, 0.2) is 0 Å². The summed E-state index contributed by atoms with van der Waals surface area (Å²) >= 11 is 0. The lowest BCUT2D eigenvalue weighted by Crippen LogP contribution is -2.31. The molecule has 0 spiro atoms. The predicted molar refractivity (Wildman–Crippen MR) is 81.3 cm³/mol. The minimum atomic E-state index is -0.0656. The van der Waals surface area contributed by atoms with E-state index in [1.165, 1.54) is 44.9 Å². The van der Waals surface area contributed by atoms with E-state index in [1.807, 2.05) is 21.0 Å². The molecule has 0 aromatic rings. The molecule has 0 aliphatic carbocycles. The minimum absolute atomic E-state index is 0.0656. The molecule has 19 heavy (non-hydrogen) atoms. The first-order chi connectivity index (χ1) is 9.11. The second-order valence-corrected chi connectivity index (χ2v) is 5.54. The second-order valence-electron chi connectivity index (χ2n) is 5.54. The van der Waals surface area contributed by atoms with E-state index in [2.05, 4.69) is 11.8 Å². The van der Waals surface area contributed by atoms with Crippen molar-refractivity contribution in [2.45, 2.75) is 77.7 Å². The molecule has 0 radical (unpaired) electrons. The first kappa shape index (κ1) is 18.4. The van der Waals surface area contributed by atoms with Crippen molar-refractivity contribution in [3.8, 4) is 0 Å². The molecule has 0 aliphatic heterocycles. The van der Waals surface area contributed by atoms with Crippen LogP contribution < -0.4 is 0 Å². The molecule has 1 atom stereocenters. The van der Waals surface area contributed by atoms with Crippen molar-refractivity contribution in [1.29, 1.82) is 0 Å². The number of carbonyl (C=O) groups excluding carboxylic acids is 1. The quantitative estimate of drug-likeness (QED) is 0.397. The second kappa shape index (κ2) is 12.5. The Morgan fingerprint density at radius 1 is 1.00 bits per heavy atom. The molecule has 3 heteroatoms. The Hall–Kier alpha value is -0.570. The molecule has 0 heterocycles. The van der Waals surface area contributed by atoms with Crippen molar-refractivity contribution in [3.05, 3.63) is 0 Å². The Bertz CT molecular complexity index is 217. The summed E-state index contributed by atoms with van der Waals surface area (Å²) in [6.45, 7) is 4.59. The summed E-state index contributed by atoms with van der Waals surface area (Å²) in [5.41, 5.74) is 0. The van der Waals surface area contributed by atoms with E-state index in [0.29, 0.717) is 19.1 Å². The third-order valence-electron chi connectivity index (χ3n) is 3.58. The Morgan fingerprint density at radius 3 is 2.11 bits per heavy atom. The lowest BCUT2D eigenvalue weighted by Gasteiger charge is -2.23. The van der Waals surface area contributed by atoms with Gasteiger partial charge in [-0.1, -0.05) is 51.9 Å². The minimum Gasteiger partial charge on any atom is -0.466 e. The van der Waals surface area contributed by atoms with Crippen LogP contribution in [0.4, 0.5) is 0 Å². The summed E-state index contributed by atoms with van der Waals surface area (Å²) in [7, 11) is 4.09. The van der Waals surface area contributed by atoms with Crippen molar-refractivity contribution in [2.24, 2.45) is 0 Å². The maximum absolute atomic E-state index is 11.5. The van der Waals surface area contributed by atoms with Crippen molar-refractivity contribution < 1.29 is 9.53 Å². The molecule has 0 N–H and O–H groups in total. The molecule has 1 unspecified atom stereocenters. The van der Waals surface area contributed by atoms with Gasteiger partial charge in [-0.2, -0.15) is 0 Å². The molecule has 3 nitrogen and oxygen atoms in total. The Kier molecular flexibility index (Phi) is 12.1. The van der Waals surface area contributed by atoms with Gasteiger partial charge in [0.1, 0.15) is 0 Å². The van der Waals surface area contributed by atoms with Crippen LogP contribution in [0.3, 0.4) is 0 Å². The van der Waals surface area contributed by atoms with Crippen LogP contribution in [0.1, 0.15) is 71.6 Å². The standard InChI is InChI=1S/C16H33NO2/c1-5-7-8-9-10-11-12-13-15(17(3)4)14-16(18)19-6-2/h15H,5-14H2,1-4H3. The summed E-state index contributed by atoms with van der Waals surface area (Å²) in [5, 5.41) is 0. The van der Waals surface area contributed by atoms with E-state index in [-0.39, 0.29) is 5.97 Å². The smallest absolute Gasteiger partial charge is 0.307 e. The number of carbonyl (C=O) groups is 1. The van der Waals surface area contributed by atoms with Crippen LogP contribution in [0.25, 0.3) is 0 Å². The Morgan fingerprint density at radius 2 is 1.58 bits per heavy atom. The summed E-state index contributed by atoms with van der Waals surface area (Å²) < 4.78 is 5.03. The van der Waals surface area contributed by atoms with Gasteiger partial charge in [0.05, 0.1) is 13.0 Å². The van der Waals surface area contributed by atoms with E-state index >= 15 is 0 Å². The van der Waals surface area contributed by atoms with Crippen molar-refractivity contribution >= 4 is 5.97 Å². The average molecular weight is 271 g/mol. The zero-order valence-corrected chi connectivity index (χ0v) is 13.4. The molecule has 0 aromatic carbocycles. The molecule has 0 saturated carbocycles. The van der Waals surface area contributed by atoms with Crippen molar-refractivity contribution in [1.82, 2.24) is 4.90 Å². The molecule has 0 saturated heterocycles. The highest BCUT2D eigenvalue weighted by atomic mass is 16.5. The van der Waals surface area contributed by atoms with Gasteiger partial charge in [-0.25, -0.2) is 0 Å². The lowest BCUT2D eigenvalue weighted by molar-refractivity contribution is -0.144. The SMILES string of the molecule is CCCCCCCCCC(CC(=O)OCC)N(C)C. The van der Waals surface area contributed by atoms with E-state index in [9.17, 15) is 4.79 Å². The molecule has 0 aromatic heterocycles. The van der Waals surface area contributed by atoms with E-state index in [0.717, 1.165) is 6.42 Å². The number of rotatable bonds is 12. The predicted octanol–water partition coefficient (Wildman–Crippen LogP) is 4.01. The van der Waals surface area contributed by atoms with Crippen LogP contribution in [0.5, 0.6) is 0 Å². The fourth-order valence-electron chi connectivity index (χ4n) is 2.29. The maximum atomic E-state index is 11.5. The zero-order valence-electron chi connectivity index (χ0n) is 13.4. The zero-order chi connectivity index (χ0) is 14.5. The Balaban J connectivity index is 3.68. The summed E-state index contributed by atoms with van der Waals surface area (Å²) in [4.78, 5) is 13.7. The molecule has 0 fully saturated rings. The van der Waals surface area contributed by atoms with Gasteiger partial charge in [0.15, 0.2) is 0 Å². The number of hydrogen-bond donors (Lipinski definition) is 0. The van der Waals surface area contributed by atoms with Gasteiger partial charge >= 0.3 is 5.97 Å².